The van der Waals surface area contributed by atoms with E-state index in [1.54, 1.807) is 0 Å². The van der Waals surface area contributed by atoms with Gasteiger partial charge in [0.15, 0.2) is 0 Å². The number of nitrogens with two attached hydrogens (primary N) is 1. The fourth-order valence-electron chi connectivity index (χ4n) is 1.86. The average Bonchev–Trinajstić information content (AvgIpc) is 2.29. The summed E-state index contributed by atoms with van der Waals surface area (Å²) in [5.41, 5.74) is 6.73. The van der Waals surface area contributed by atoms with Gasteiger partial charge in [0.05, 0.1) is 12.0 Å². The standard InChI is InChI=1S/C14H21BrN2O/c1-9(2)13(8-16)14(18)17-10(3)11-5-4-6-12(15)7-11/h4-7,9-10,13H,8,16H2,1-3H3,(H,17,18)/t10-,13?/m1/s1. The molecule has 1 rings (SSSR count). The first-order chi connectivity index (χ1) is 8.45. The largest absolute Gasteiger partial charge is 0.349 e. The summed E-state index contributed by atoms with van der Waals surface area (Å²) in [5, 5.41) is 3.02. The van der Waals surface area contributed by atoms with Crippen LogP contribution in [0.4, 0.5) is 0 Å². The molecule has 1 aromatic rings. The number of hydrogen-bond donors (Lipinski definition) is 2. The maximum Gasteiger partial charge on any atom is 0.225 e. The molecule has 4 heteroatoms. The fourth-order valence-corrected chi connectivity index (χ4v) is 2.28. The first-order valence-electron chi connectivity index (χ1n) is 6.21. The number of halogens is 1. The van der Waals surface area contributed by atoms with E-state index < -0.39 is 0 Å². The molecule has 0 aliphatic carbocycles. The van der Waals surface area contributed by atoms with Crippen LogP contribution in [0.5, 0.6) is 0 Å². The number of benzene rings is 1. The number of nitrogens with one attached hydrogen (secondary N) is 1. The van der Waals surface area contributed by atoms with Crippen molar-refractivity contribution in [3.63, 3.8) is 0 Å². The summed E-state index contributed by atoms with van der Waals surface area (Å²) < 4.78 is 1.01. The Bertz CT molecular complexity index is 407. The molecule has 0 fully saturated rings. The number of hydrogen-bond acceptors (Lipinski definition) is 2. The van der Waals surface area contributed by atoms with E-state index in [0.717, 1.165) is 10.0 Å². The van der Waals surface area contributed by atoms with Crippen molar-refractivity contribution < 1.29 is 4.79 Å². The zero-order chi connectivity index (χ0) is 13.7. The van der Waals surface area contributed by atoms with E-state index in [1.165, 1.54) is 0 Å². The van der Waals surface area contributed by atoms with E-state index in [2.05, 4.69) is 21.2 Å². The third kappa shape index (κ3) is 4.10. The van der Waals surface area contributed by atoms with Crippen LogP contribution in [-0.2, 0) is 4.79 Å². The summed E-state index contributed by atoms with van der Waals surface area (Å²) >= 11 is 3.43. The Morgan fingerprint density at radius 1 is 1.39 bits per heavy atom. The third-order valence-corrected chi connectivity index (χ3v) is 3.60. The summed E-state index contributed by atoms with van der Waals surface area (Å²) in [5.74, 6) is 0.157. The number of carbonyl (C=O) groups is 1. The topological polar surface area (TPSA) is 55.1 Å². The van der Waals surface area contributed by atoms with Crippen molar-refractivity contribution in [3.8, 4) is 0 Å². The van der Waals surface area contributed by atoms with E-state index >= 15 is 0 Å². The van der Waals surface area contributed by atoms with E-state index in [9.17, 15) is 4.79 Å². The molecule has 1 unspecified atom stereocenters. The van der Waals surface area contributed by atoms with Crippen molar-refractivity contribution in [2.24, 2.45) is 17.6 Å². The summed E-state index contributed by atoms with van der Waals surface area (Å²) in [6, 6.07) is 7.93. The number of carbonyl (C=O) groups excluding carboxylic acids is 1. The van der Waals surface area contributed by atoms with Crippen LogP contribution in [0.1, 0.15) is 32.4 Å². The molecule has 0 saturated heterocycles. The Balaban J connectivity index is 2.70. The minimum absolute atomic E-state index is 0.0113. The fraction of sp³-hybridized carbons (Fsp3) is 0.500. The predicted octanol–water partition coefficient (Wildman–Crippen LogP) is 2.86. The Morgan fingerprint density at radius 2 is 2.06 bits per heavy atom. The van der Waals surface area contributed by atoms with Gasteiger partial charge in [-0.25, -0.2) is 0 Å². The van der Waals surface area contributed by atoms with E-state index in [4.69, 9.17) is 5.73 Å². The number of rotatable bonds is 5. The molecule has 3 nitrogen and oxygen atoms in total. The van der Waals surface area contributed by atoms with E-state index in [1.807, 2.05) is 45.0 Å². The zero-order valence-electron chi connectivity index (χ0n) is 11.1. The number of amides is 1. The average molecular weight is 313 g/mol. The highest BCUT2D eigenvalue weighted by Gasteiger charge is 2.22. The van der Waals surface area contributed by atoms with Crippen LogP contribution < -0.4 is 11.1 Å². The van der Waals surface area contributed by atoms with E-state index in [0.29, 0.717) is 6.54 Å². The van der Waals surface area contributed by atoms with Gasteiger partial charge in [-0.2, -0.15) is 0 Å². The van der Waals surface area contributed by atoms with Crippen LogP contribution in [-0.4, -0.2) is 12.5 Å². The maximum absolute atomic E-state index is 12.1. The van der Waals surface area contributed by atoms with Gasteiger partial charge in [-0.3, -0.25) is 4.79 Å². The highest BCUT2D eigenvalue weighted by molar-refractivity contribution is 9.10. The summed E-state index contributed by atoms with van der Waals surface area (Å²) in [4.78, 5) is 12.1. The quantitative estimate of drug-likeness (QED) is 0.878. The molecule has 0 aliphatic rings. The second-order valence-electron chi connectivity index (χ2n) is 4.87. The Kier molecular flexibility index (Phi) is 5.82. The highest BCUT2D eigenvalue weighted by atomic mass is 79.9. The van der Waals surface area contributed by atoms with Gasteiger partial charge in [-0.1, -0.05) is 41.9 Å². The Labute approximate surface area is 117 Å². The first kappa shape index (κ1) is 15.2. The molecular weight excluding hydrogens is 292 g/mol. The van der Waals surface area contributed by atoms with Gasteiger partial charge in [0.2, 0.25) is 5.91 Å². The lowest BCUT2D eigenvalue weighted by molar-refractivity contribution is -0.126. The van der Waals surface area contributed by atoms with Gasteiger partial charge < -0.3 is 11.1 Å². The molecule has 2 atom stereocenters. The normalized spacial score (nSPS) is 14.3. The molecule has 0 bridgehead atoms. The molecule has 0 saturated carbocycles. The molecule has 0 aliphatic heterocycles. The van der Waals surface area contributed by atoms with Crippen LogP contribution in [0.25, 0.3) is 0 Å². The minimum Gasteiger partial charge on any atom is -0.349 e. The van der Waals surface area contributed by atoms with Crippen molar-refractivity contribution >= 4 is 21.8 Å². The van der Waals surface area contributed by atoms with Crippen molar-refractivity contribution in [2.75, 3.05) is 6.54 Å². The molecule has 0 aromatic heterocycles. The maximum atomic E-state index is 12.1. The SMILES string of the molecule is CC(C)C(CN)C(=O)N[C@H](C)c1cccc(Br)c1. The third-order valence-electron chi connectivity index (χ3n) is 3.10. The lowest BCUT2D eigenvalue weighted by Crippen LogP contribution is -2.39. The van der Waals surface area contributed by atoms with Crippen molar-refractivity contribution in [1.82, 2.24) is 5.32 Å². The first-order valence-corrected chi connectivity index (χ1v) is 7.01. The van der Waals surface area contributed by atoms with E-state index in [-0.39, 0.29) is 23.8 Å². The molecule has 18 heavy (non-hydrogen) atoms. The lowest BCUT2D eigenvalue weighted by Gasteiger charge is -2.22. The van der Waals surface area contributed by atoms with Gasteiger partial charge in [0.25, 0.3) is 0 Å². The molecule has 1 amide bonds. The van der Waals surface area contributed by atoms with Crippen LogP contribution in [0, 0.1) is 11.8 Å². The van der Waals surface area contributed by atoms with Gasteiger partial charge in [0.1, 0.15) is 0 Å². The summed E-state index contributed by atoms with van der Waals surface area (Å²) in [6.07, 6.45) is 0. The molecule has 0 heterocycles. The molecule has 0 radical (unpaired) electrons. The smallest absolute Gasteiger partial charge is 0.225 e. The lowest BCUT2D eigenvalue weighted by atomic mass is 9.94. The monoisotopic (exact) mass is 312 g/mol. The molecule has 100 valence electrons. The predicted molar refractivity (Wildman–Crippen MR) is 78.1 cm³/mol. The highest BCUT2D eigenvalue weighted by Crippen LogP contribution is 2.19. The molecule has 0 spiro atoms. The Morgan fingerprint density at radius 3 is 2.56 bits per heavy atom. The van der Waals surface area contributed by atoms with Crippen molar-refractivity contribution in [2.45, 2.75) is 26.8 Å². The van der Waals surface area contributed by atoms with Crippen LogP contribution in [0.2, 0.25) is 0 Å². The molecule has 3 N–H and O–H groups in total. The van der Waals surface area contributed by atoms with Crippen LogP contribution in [0.3, 0.4) is 0 Å². The summed E-state index contributed by atoms with van der Waals surface area (Å²) in [7, 11) is 0. The molecular formula is C14H21BrN2O. The van der Waals surface area contributed by atoms with Gasteiger partial charge in [0, 0.05) is 11.0 Å². The second kappa shape index (κ2) is 6.90. The van der Waals surface area contributed by atoms with Gasteiger partial charge in [-0.05, 0) is 30.5 Å². The van der Waals surface area contributed by atoms with Crippen LogP contribution in [0.15, 0.2) is 28.7 Å². The second-order valence-corrected chi connectivity index (χ2v) is 5.79. The van der Waals surface area contributed by atoms with Crippen molar-refractivity contribution in [3.05, 3.63) is 34.3 Å². The minimum atomic E-state index is -0.125. The van der Waals surface area contributed by atoms with Gasteiger partial charge >= 0.3 is 0 Å². The summed E-state index contributed by atoms with van der Waals surface area (Å²) in [6.45, 7) is 6.39. The molecule has 1 aromatic carbocycles. The van der Waals surface area contributed by atoms with Gasteiger partial charge in [-0.15, -0.1) is 0 Å². The van der Waals surface area contributed by atoms with Crippen LogP contribution >= 0.6 is 15.9 Å². The van der Waals surface area contributed by atoms with Crippen molar-refractivity contribution in [1.29, 1.82) is 0 Å². The Hall–Kier alpha value is -0.870. The zero-order valence-corrected chi connectivity index (χ0v) is 12.7.